The molecule has 3 rings (SSSR count). The van der Waals surface area contributed by atoms with Crippen molar-refractivity contribution in [3.05, 3.63) is 71.8 Å². The Hall–Kier alpha value is -2.17. The molecule has 2 aromatic rings. The maximum Gasteiger partial charge on any atom is 0.309 e. The molecule has 0 atom stereocenters. The Morgan fingerprint density at radius 1 is 0.846 bits per heavy atom. The largest absolute Gasteiger partial charge is 0.481 e. The molecule has 1 saturated heterocycles. The summed E-state index contributed by atoms with van der Waals surface area (Å²) >= 11 is 0. The van der Waals surface area contributed by atoms with E-state index in [-0.39, 0.29) is 5.92 Å². The Morgan fingerprint density at radius 2 is 1.23 bits per heavy atom. The van der Waals surface area contributed by atoms with Gasteiger partial charge in [0.15, 0.2) is 0 Å². The van der Waals surface area contributed by atoms with Crippen LogP contribution in [-0.2, 0) is 17.9 Å². The van der Waals surface area contributed by atoms with Crippen LogP contribution in [0.1, 0.15) is 25.0 Å². The normalized spacial score (nSPS) is 16.4. The standard InChI is InChI=1S/C20H24N2O2.C2H6/c23-20(24)19-15-21(13-17-7-3-1-4-8-17)11-12-22(16-19)14-18-9-5-2-6-10-18;1-2/h1-10,19H,11-16H2,(H,23,24);1-2H3. The van der Waals surface area contributed by atoms with E-state index in [2.05, 4.69) is 34.1 Å². The highest BCUT2D eigenvalue weighted by Gasteiger charge is 2.27. The second-order valence-corrected chi connectivity index (χ2v) is 6.48. The van der Waals surface area contributed by atoms with Crippen molar-refractivity contribution in [1.82, 2.24) is 9.80 Å². The molecule has 4 nitrogen and oxygen atoms in total. The smallest absolute Gasteiger partial charge is 0.309 e. The summed E-state index contributed by atoms with van der Waals surface area (Å²) in [5.74, 6) is -1.05. The van der Waals surface area contributed by atoms with E-state index in [9.17, 15) is 9.90 Å². The lowest BCUT2D eigenvalue weighted by Crippen LogP contribution is -2.34. The van der Waals surface area contributed by atoms with Crippen molar-refractivity contribution in [3.8, 4) is 0 Å². The van der Waals surface area contributed by atoms with E-state index < -0.39 is 5.97 Å². The minimum Gasteiger partial charge on any atom is -0.481 e. The van der Waals surface area contributed by atoms with Gasteiger partial charge < -0.3 is 5.11 Å². The number of hydrogen-bond acceptors (Lipinski definition) is 3. The fraction of sp³-hybridized carbons (Fsp3) is 0.409. The number of carboxylic acid groups (broad SMARTS) is 1. The zero-order chi connectivity index (χ0) is 18.8. The molecule has 1 fully saturated rings. The van der Waals surface area contributed by atoms with E-state index in [0.717, 1.165) is 26.2 Å². The number of carboxylic acids is 1. The Kier molecular flexibility index (Phi) is 8.32. The van der Waals surface area contributed by atoms with Crippen LogP contribution in [0.5, 0.6) is 0 Å². The first kappa shape index (κ1) is 20.1. The summed E-state index contributed by atoms with van der Waals surface area (Å²) in [4.78, 5) is 16.2. The van der Waals surface area contributed by atoms with Crippen LogP contribution in [0, 0.1) is 5.92 Å². The van der Waals surface area contributed by atoms with Crippen LogP contribution in [0.3, 0.4) is 0 Å². The number of benzene rings is 2. The van der Waals surface area contributed by atoms with E-state index >= 15 is 0 Å². The summed E-state index contributed by atoms with van der Waals surface area (Å²) in [6.07, 6.45) is 0. The second-order valence-electron chi connectivity index (χ2n) is 6.48. The van der Waals surface area contributed by atoms with Gasteiger partial charge in [0.1, 0.15) is 0 Å². The van der Waals surface area contributed by atoms with Crippen molar-refractivity contribution in [3.63, 3.8) is 0 Å². The minimum absolute atomic E-state index is 0.347. The van der Waals surface area contributed by atoms with Crippen LogP contribution in [0.15, 0.2) is 60.7 Å². The topological polar surface area (TPSA) is 43.8 Å². The van der Waals surface area contributed by atoms with Crippen LogP contribution in [0.2, 0.25) is 0 Å². The van der Waals surface area contributed by atoms with Gasteiger partial charge in [-0.05, 0) is 11.1 Å². The minimum atomic E-state index is -0.701. The van der Waals surface area contributed by atoms with Crippen molar-refractivity contribution in [2.24, 2.45) is 5.92 Å². The Morgan fingerprint density at radius 3 is 1.58 bits per heavy atom. The first-order chi connectivity index (χ1) is 12.7. The van der Waals surface area contributed by atoms with E-state index in [4.69, 9.17) is 0 Å². The number of aliphatic carboxylic acids is 1. The molecule has 0 saturated carbocycles. The highest BCUT2D eigenvalue weighted by atomic mass is 16.4. The molecule has 140 valence electrons. The van der Waals surface area contributed by atoms with Crippen LogP contribution in [0.4, 0.5) is 0 Å². The molecule has 0 unspecified atom stereocenters. The molecular weight excluding hydrogens is 324 g/mol. The average Bonchev–Trinajstić information content (AvgIpc) is 2.88. The maximum atomic E-state index is 11.6. The summed E-state index contributed by atoms with van der Waals surface area (Å²) in [5.41, 5.74) is 2.47. The summed E-state index contributed by atoms with van der Waals surface area (Å²) in [5, 5.41) is 9.58. The lowest BCUT2D eigenvalue weighted by atomic mass is 10.1. The summed E-state index contributed by atoms with van der Waals surface area (Å²) < 4.78 is 0. The number of rotatable bonds is 5. The molecular formula is C22H30N2O2. The van der Waals surface area contributed by atoms with Gasteiger partial charge in [0, 0.05) is 39.3 Å². The lowest BCUT2D eigenvalue weighted by molar-refractivity contribution is -0.142. The van der Waals surface area contributed by atoms with Crippen molar-refractivity contribution in [2.75, 3.05) is 26.2 Å². The van der Waals surface area contributed by atoms with Gasteiger partial charge in [-0.25, -0.2) is 0 Å². The van der Waals surface area contributed by atoms with Crippen molar-refractivity contribution < 1.29 is 9.90 Å². The fourth-order valence-corrected chi connectivity index (χ4v) is 3.27. The average molecular weight is 354 g/mol. The quantitative estimate of drug-likeness (QED) is 0.888. The Bertz CT molecular complexity index is 594. The van der Waals surface area contributed by atoms with Crippen molar-refractivity contribution in [1.29, 1.82) is 0 Å². The Labute approximate surface area is 157 Å². The molecule has 1 aliphatic heterocycles. The first-order valence-electron chi connectivity index (χ1n) is 9.46. The van der Waals surface area contributed by atoms with Gasteiger partial charge in [0.2, 0.25) is 0 Å². The first-order valence-corrected chi connectivity index (χ1v) is 9.46. The molecule has 1 aliphatic rings. The van der Waals surface area contributed by atoms with E-state index in [1.54, 1.807) is 0 Å². The highest BCUT2D eigenvalue weighted by Crippen LogP contribution is 2.15. The summed E-state index contributed by atoms with van der Waals surface area (Å²) in [7, 11) is 0. The van der Waals surface area contributed by atoms with E-state index in [1.165, 1.54) is 11.1 Å². The van der Waals surface area contributed by atoms with Gasteiger partial charge in [0.05, 0.1) is 5.92 Å². The summed E-state index contributed by atoms with van der Waals surface area (Å²) in [6, 6.07) is 20.5. The van der Waals surface area contributed by atoms with Gasteiger partial charge >= 0.3 is 5.97 Å². The number of hydrogen-bond donors (Lipinski definition) is 1. The molecule has 0 aliphatic carbocycles. The molecule has 1 heterocycles. The van der Waals surface area contributed by atoms with Crippen LogP contribution >= 0.6 is 0 Å². The molecule has 2 aromatic carbocycles. The van der Waals surface area contributed by atoms with E-state index in [1.807, 2.05) is 50.2 Å². The van der Waals surface area contributed by atoms with Gasteiger partial charge in [-0.3, -0.25) is 14.6 Å². The molecule has 0 spiro atoms. The monoisotopic (exact) mass is 354 g/mol. The van der Waals surface area contributed by atoms with Gasteiger partial charge in [-0.15, -0.1) is 0 Å². The third-order valence-electron chi connectivity index (χ3n) is 4.54. The molecule has 0 radical (unpaired) electrons. The van der Waals surface area contributed by atoms with Crippen LogP contribution < -0.4 is 0 Å². The Balaban J connectivity index is 0.00000117. The van der Waals surface area contributed by atoms with Crippen LogP contribution in [-0.4, -0.2) is 47.1 Å². The zero-order valence-corrected chi connectivity index (χ0v) is 15.8. The molecule has 1 N–H and O–H groups in total. The van der Waals surface area contributed by atoms with Gasteiger partial charge in [-0.2, -0.15) is 0 Å². The molecule has 0 bridgehead atoms. The van der Waals surface area contributed by atoms with Gasteiger partial charge in [-0.1, -0.05) is 74.5 Å². The van der Waals surface area contributed by atoms with Crippen LogP contribution in [0.25, 0.3) is 0 Å². The molecule has 4 heteroatoms. The predicted octanol–water partition coefficient (Wildman–Crippen LogP) is 3.73. The summed E-state index contributed by atoms with van der Waals surface area (Å²) in [6.45, 7) is 8.62. The molecule has 0 amide bonds. The predicted molar refractivity (Wildman–Crippen MR) is 106 cm³/mol. The third-order valence-corrected chi connectivity index (χ3v) is 4.54. The number of carbonyl (C=O) groups is 1. The second kappa shape index (κ2) is 10.7. The van der Waals surface area contributed by atoms with Crippen molar-refractivity contribution >= 4 is 5.97 Å². The van der Waals surface area contributed by atoms with E-state index in [0.29, 0.717) is 13.1 Å². The molecule has 0 aromatic heterocycles. The number of nitrogens with zero attached hydrogens (tertiary/aromatic N) is 2. The fourth-order valence-electron chi connectivity index (χ4n) is 3.27. The maximum absolute atomic E-state index is 11.6. The molecule has 26 heavy (non-hydrogen) atoms. The highest BCUT2D eigenvalue weighted by molar-refractivity contribution is 5.70. The van der Waals surface area contributed by atoms with Gasteiger partial charge in [0.25, 0.3) is 0 Å². The van der Waals surface area contributed by atoms with Crippen molar-refractivity contribution in [2.45, 2.75) is 26.9 Å². The SMILES string of the molecule is CC.O=C(O)C1CN(Cc2ccccc2)CCN(Cc2ccccc2)C1. The zero-order valence-electron chi connectivity index (χ0n) is 15.8. The third kappa shape index (κ3) is 6.28. The lowest BCUT2D eigenvalue weighted by Gasteiger charge is -2.21.